The van der Waals surface area contributed by atoms with Crippen LogP contribution in [0.4, 0.5) is 0 Å². The minimum Gasteiger partial charge on any atom is -0.361 e. The van der Waals surface area contributed by atoms with Gasteiger partial charge in [0, 0.05) is 17.1 Å². The van der Waals surface area contributed by atoms with E-state index in [2.05, 4.69) is 90.9 Å². The van der Waals surface area contributed by atoms with Gasteiger partial charge >= 0.3 is 0 Å². The van der Waals surface area contributed by atoms with Gasteiger partial charge < -0.3 is 4.98 Å². The van der Waals surface area contributed by atoms with E-state index in [0.717, 1.165) is 0 Å². The average Bonchev–Trinajstić information content (AvgIpc) is 3.26. The summed E-state index contributed by atoms with van der Waals surface area (Å²) in [5, 5.41) is 9.38. The van der Waals surface area contributed by atoms with Crippen LogP contribution in [0.25, 0.3) is 65.5 Å². The molecule has 1 aliphatic rings. The number of aryl methyl sites for hydroxylation is 1. The van der Waals surface area contributed by atoms with Gasteiger partial charge in [0.25, 0.3) is 0 Å². The normalized spacial score (nSPS) is 12.5. The molecule has 0 aliphatic heterocycles. The quantitative estimate of drug-likeness (QED) is 0.270. The fourth-order valence-corrected chi connectivity index (χ4v) is 5.16. The molecule has 0 atom stereocenters. The van der Waals surface area contributed by atoms with Crippen molar-refractivity contribution in [3.8, 4) is 22.3 Å². The highest BCUT2D eigenvalue weighted by Crippen LogP contribution is 2.51. The van der Waals surface area contributed by atoms with E-state index in [4.69, 9.17) is 0 Å². The molecule has 0 spiro atoms. The van der Waals surface area contributed by atoms with Crippen molar-refractivity contribution in [2.75, 3.05) is 0 Å². The van der Waals surface area contributed by atoms with Gasteiger partial charge in [-0.25, -0.2) is 0 Å². The van der Waals surface area contributed by atoms with Crippen LogP contribution in [0.5, 0.6) is 0 Å². The second-order valence-electron chi connectivity index (χ2n) is 7.95. The van der Waals surface area contributed by atoms with E-state index in [0.29, 0.717) is 0 Å². The van der Waals surface area contributed by atoms with Gasteiger partial charge in [-0.15, -0.1) is 0 Å². The first-order valence-corrected chi connectivity index (χ1v) is 9.79. The summed E-state index contributed by atoms with van der Waals surface area (Å²) in [6.07, 6.45) is 2.11. The maximum absolute atomic E-state index is 3.43. The number of hydrogen-bond donors (Lipinski definition) is 1. The van der Waals surface area contributed by atoms with Crippen LogP contribution in [0.3, 0.4) is 0 Å². The lowest BCUT2D eigenvalue weighted by Crippen LogP contribution is -1.83. The standard InChI is InChI=1S/C27H17N/c1-15-14-28-26-13-24-20-8-4-7-19-18-10-9-16-5-2-3-6-17(16)22(18)12-25(27(19)20)23(24)11-21(15)26/h2-14,28H,1H3. The largest absolute Gasteiger partial charge is 0.361 e. The second kappa shape index (κ2) is 4.82. The number of aromatic amines is 1. The molecule has 130 valence electrons. The van der Waals surface area contributed by atoms with Gasteiger partial charge in [0.15, 0.2) is 0 Å². The third-order valence-electron chi connectivity index (χ3n) is 6.49. The Labute approximate surface area is 162 Å². The van der Waals surface area contributed by atoms with E-state index in [1.807, 2.05) is 0 Å². The summed E-state index contributed by atoms with van der Waals surface area (Å²) in [7, 11) is 0. The molecule has 0 amide bonds. The van der Waals surface area contributed by atoms with E-state index in [1.54, 1.807) is 0 Å². The number of H-pyrrole nitrogens is 1. The molecule has 1 aliphatic carbocycles. The maximum Gasteiger partial charge on any atom is 0.0463 e. The molecule has 7 rings (SSSR count). The van der Waals surface area contributed by atoms with Crippen molar-refractivity contribution in [3.05, 3.63) is 84.6 Å². The van der Waals surface area contributed by atoms with Crippen LogP contribution in [0.15, 0.2) is 79.0 Å². The Morgan fingerprint density at radius 1 is 0.571 bits per heavy atom. The molecule has 5 aromatic carbocycles. The maximum atomic E-state index is 3.43. The van der Waals surface area contributed by atoms with Crippen LogP contribution in [-0.4, -0.2) is 4.98 Å². The zero-order valence-corrected chi connectivity index (χ0v) is 15.5. The van der Waals surface area contributed by atoms with Crippen LogP contribution < -0.4 is 0 Å². The van der Waals surface area contributed by atoms with Crippen LogP contribution in [-0.2, 0) is 0 Å². The van der Waals surface area contributed by atoms with Crippen molar-refractivity contribution in [1.82, 2.24) is 4.98 Å². The van der Waals surface area contributed by atoms with Crippen LogP contribution >= 0.6 is 0 Å². The molecule has 6 aromatic rings. The number of rotatable bonds is 0. The highest BCUT2D eigenvalue weighted by molar-refractivity contribution is 6.27. The first kappa shape index (κ1) is 14.5. The fourth-order valence-electron chi connectivity index (χ4n) is 5.16. The van der Waals surface area contributed by atoms with E-state index < -0.39 is 0 Å². The van der Waals surface area contributed by atoms with Gasteiger partial charge in [-0.05, 0) is 85.3 Å². The number of hydrogen-bond acceptors (Lipinski definition) is 0. The molecule has 1 N–H and O–H groups in total. The smallest absolute Gasteiger partial charge is 0.0463 e. The van der Waals surface area contributed by atoms with Crippen LogP contribution in [0.2, 0.25) is 0 Å². The molecule has 1 heterocycles. The average molecular weight is 355 g/mol. The Morgan fingerprint density at radius 2 is 1.39 bits per heavy atom. The first-order chi connectivity index (χ1) is 13.8. The van der Waals surface area contributed by atoms with Gasteiger partial charge in [-0.1, -0.05) is 54.6 Å². The summed E-state index contributed by atoms with van der Waals surface area (Å²) in [4.78, 5) is 3.43. The van der Waals surface area contributed by atoms with Crippen molar-refractivity contribution < 1.29 is 0 Å². The predicted molar refractivity (Wildman–Crippen MR) is 120 cm³/mol. The molecular formula is C27H17N. The molecule has 28 heavy (non-hydrogen) atoms. The van der Waals surface area contributed by atoms with E-state index in [-0.39, 0.29) is 0 Å². The molecule has 0 saturated heterocycles. The Bertz CT molecular complexity index is 1610. The van der Waals surface area contributed by atoms with Gasteiger partial charge in [0.05, 0.1) is 0 Å². The Morgan fingerprint density at radius 3 is 2.36 bits per heavy atom. The first-order valence-electron chi connectivity index (χ1n) is 9.79. The van der Waals surface area contributed by atoms with Crippen molar-refractivity contribution >= 4 is 43.2 Å². The zero-order chi connectivity index (χ0) is 18.4. The summed E-state index contributed by atoms with van der Waals surface area (Å²) >= 11 is 0. The highest BCUT2D eigenvalue weighted by Gasteiger charge is 2.24. The molecule has 1 heteroatoms. The predicted octanol–water partition coefficient (Wildman–Crippen LogP) is 7.58. The number of benzene rings is 5. The Balaban J connectivity index is 1.73. The van der Waals surface area contributed by atoms with Gasteiger partial charge in [0.2, 0.25) is 0 Å². The lowest BCUT2D eigenvalue weighted by molar-refractivity contribution is 1.43. The van der Waals surface area contributed by atoms with E-state index in [9.17, 15) is 0 Å². The second-order valence-corrected chi connectivity index (χ2v) is 7.95. The molecule has 1 aromatic heterocycles. The summed E-state index contributed by atoms with van der Waals surface area (Å²) in [6.45, 7) is 2.18. The van der Waals surface area contributed by atoms with Crippen molar-refractivity contribution in [2.24, 2.45) is 0 Å². The van der Waals surface area contributed by atoms with Crippen molar-refractivity contribution in [3.63, 3.8) is 0 Å². The van der Waals surface area contributed by atoms with Crippen LogP contribution in [0.1, 0.15) is 5.56 Å². The number of nitrogens with one attached hydrogen (secondary N) is 1. The highest BCUT2D eigenvalue weighted by atomic mass is 14.7. The number of aromatic nitrogens is 1. The topological polar surface area (TPSA) is 15.8 Å². The third kappa shape index (κ3) is 1.63. The van der Waals surface area contributed by atoms with Crippen LogP contribution in [0, 0.1) is 6.92 Å². The minimum atomic E-state index is 1.22. The van der Waals surface area contributed by atoms with E-state index in [1.165, 1.54) is 71.0 Å². The zero-order valence-electron chi connectivity index (χ0n) is 15.5. The molecule has 0 radical (unpaired) electrons. The Kier molecular flexibility index (Phi) is 2.49. The summed E-state index contributed by atoms with van der Waals surface area (Å²) < 4.78 is 0. The molecule has 0 fully saturated rings. The summed E-state index contributed by atoms with van der Waals surface area (Å²) in [5.41, 5.74) is 7.94. The lowest BCUT2D eigenvalue weighted by atomic mass is 9.93. The fraction of sp³-hybridized carbons (Fsp3) is 0.0370. The summed E-state index contributed by atoms with van der Waals surface area (Å²) in [5.74, 6) is 0. The minimum absolute atomic E-state index is 1.22. The summed E-state index contributed by atoms with van der Waals surface area (Å²) in [6, 6.07) is 27.1. The molecule has 0 unspecified atom stereocenters. The molecule has 0 saturated carbocycles. The third-order valence-corrected chi connectivity index (χ3v) is 6.49. The van der Waals surface area contributed by atoms with E-state index >= 15 is 0 Å². The molecule has 1 nitrogen and oxygen atoms in total. The molecular weight excluding hydrogens is 338 g/mol. The van der Waals surface area contributed by atoms with Gasteiger partial charge in [0.1, 0.15) is 0 Å². The lowest BCUT2D eigenvalue weighted by Gasteiger charge is -2.10. The Hall–Kier alpha value is -3.58. The van der Waals surface area contributed by atoms with Gasteiger partial charge in [-0.2, -0.15) is 0 Å². The van der Waals surface area contributed by atoms with Crippen molar-refractivity contribution in [1.29, 1.82) is 0 Å². The van der Waals surface area contributed by atoms with Crippen molar-refractivity contribution in [2.45, 2.75) is 6.92 Å². The monoisotopic (exact) mass is 355 g/mol. The number of fused-ring (bicyclic) bond motifs is 8. The SMILES string of the molecule is Cc1c[nH]c2cc3c(cc12)-c1cc2c4ccccc4ccc2c2cccc-3c12. The van der Waals surface area contributed by atoms with Gasteiger partial charge in [-0.3, -0.25) is 0 Å². The molecule has 0 bridgehead atoms.